The number of hydrogen-bond acceptors (Lipinski definition) is 4. The maximum absolute atomic E-state index is 12.5. The molecule has 7 nitrogen and oxygen atoms in total. The van der Waals surface area contributed by atoms with E-state index in [1.165, 1.54) is 0 Å². The summed E-state index contributed by atoms with van der Waals surface area (Å²) in [5.41, 5.74) is 3.00. The zero-order valence-corrected chi connectivity index (χ0v) is 17.6. The lowest BCUT2D eigenvalue weighted by Gasteiger charge is -2.21. The van der Waals surface area contributed by atoms with Crippen molar-refractivity contribution in [2.75, 3.05) is 11.9 Å². The lowest BCUT2D eigenvalue weighted by atomic mass is 10.1. The SMILES string of the molecule is CCn1c(C)cc(C(=O)COC(=O)[C@@H](NC(=O)Nc2ccccc2)C(C)C)c1C. The maximum atomic E-state index is 12.5. The van der Waals surface area contributed by atoms with Gasteiger partial charge in [-0.3, -0.25) is 4.79 Å². The van der Waals surface area contributed by atoms with E-state index in [-0.39, 0.29) is 18.3 Å². The number of hydrogen-bond donors (Lipinski definition) is 2. The summed E-state index contributed by atoms with van der Waals surface area (Å²) in [4.78, 5) is 37.2. The van der Waals surface area contributed by atoms with Crippen LogP contribution in [0.3, 0.4) is 0 Å². The van der Waals surface area contributed by atoms with Crippen LogP contribution in [0.5, 0.6) is 0 Å². The Morgan fingerprint density at radius 3 is 2.31 bits per heavy atom. The molecule has 1 atom stereocenters. The first-order chi connectivity index (χ1) is 13.7. The van der Waals surface area contributed by atoms with E-state index in [2.05, 4.69) is 10.6 Å². The lowest BCUT2D eigenvalue weighted by molar-refractivity contribution is -0.145. The third kappa shape index (κ3) is 5.70. The monoisotopic (exact) mass is 399 g/mol. The van der Waals surface area contributed by atoms with E-state index < -0.39 is 18.0 Å². The minimum Gasteiger partial charge on any atom is -0.456 e. The van der Waals surface area contributed by atoms with E-state index >= 15 is 0 Å². The minimum absolute atomic E-state index is 0.204. The fraction of sp³-hybridized carbons (Fsp3) is 0.409. The zero-order valence-electron chi connectivity index (χ0n) is 17.6. The normalized spacial score (nSPS) is 11.8. The van der Waals surface area contributed by atoms with E-state index in [1.807, 2.05) is 31.4 Å². The largest absolute Gasteiger partial charge is 0.456 e. The summed E-state index contributed by atoms with van der Waals surface area (Å²) in [6.07, 6.45) is 0. The molecule has 0 unspecified atom stereocenters. The van der Waals surface area contributed by atoms with Crippen molar-refractivity contribution in [1.82, 2.24) is 9.88 Å². The second-order valence-electron chi connectivity index (χ2n) is 7.25. The lowest BCUT2D eigenvalue weighted by Crippen LogP contribution is -2.47. The Kier molecular flexibility index (Phi) is 7.59. The Labute approximate surface area is 171 Å². The van der Waals surface area contributed by atoms with Crippen LogP contribution in [0.1, 0.15) is 42.5 Å². The van der Waals surface area contributed by atoms with Gasteiger partial charge in [0.15, 0.2) is 6.61 Å². The third-order valence-electron chi connectivity index (χ3n) is 4.77. The first-order valence-corrected chi connectivity index (χ1v) is 9.73. The number of benzene rings is 1. The zero-order chi connectivity index (χ0) is 21.6. The van der Waals surface area contributed by atoms with Crippen LogP contribution in [0, 0.1) is 19.8 Å². The maximum Gasteiger partial charge on any atom is 0.329 e. The highest BCUT2D eigenvalue weighted by atomic mass is 16.5. The topological polar surface area (TPSA) is 89.4 Å². The van der Waals surface area contributed by atoms with Crippen LogP contribution in [0.15, 0.2) is 36.4 Å². The molecular weight excluding hydrogens is 370 g/mol. The highest BCUT2D eigenvalue weighted by molar-refractivity contribution is 5.99. The van der Waals surface area contributed by atoms with Gasteiger partial charge in [0, 0.05) is 29.2 Å². The number of esters is 1. The standard InChI is InChI=1S/C22H29N3O4/c1-6-25-15(4)12-18(16(25)5)19(26)13-29-21(27)20(14(2)3)24-22(28)23-17-10-8-7-9-11-17/h7-12,14,20H,6,13H2,1-5H3,(H2,23,24,28)/t20-/m0/s1. The molecule has 0 saturated carbocycles. The summed E-state index contributed by atoms with van der Waals surface area (Å²) in [5.74, 6) is -1.10. The van der Waals surface area contributed by atoms with Crippen LogP contribution in [0.2, 0.25) is 0 Å². The first-order valence-electron chi connectivity index (χ1n) is 9.73. The second kappa shape index (κ2) is 9.91. The number of rotatable bonds is 8. The fourth-order valence-electron chi connectivity index (χ4n) is 3.20. The minimum atomic E-state index is -0.866. The van der Waals surface area contributed by atoms with E-state index in [1.54, 1.807) is 44.2 Å². The predicted octanol–water partition coefficient (Wildman–Crippen LogP) is 3.70. The van der Waals surface area contributed by atoms with Crippen molar-refractivity contribution < 1.29 is 19.1 Å². The molecule has 0 saturated heterocycles. The number of ketones is 1. The molecule has 0 radical (unpaired) electrons. The highest BCUT2D eigenvalue weighted by Crippen LogP contribution is 2.16. The summed E-state index contributed by atoms with van der Waals surface area (Å²) in [5, 5.41) is 5.29. The van der Waals surface area contributed by atoms with Gasteiger partial charge in [-0.1, -0.05) is 32.0 Å². The van der Waals surface area contributed by atoms with Crippen LogP contribution in [0.4, 0.5) is 10.5 Å². The second-order valence-corrected chi connectivity index (χ2v) is 7.25. The van der Waals surface area contributed by atoms with E-state index in [4.69, 9.17) is 4.74 Å². The predicted molar refractivity (Wildman–Crippen MR) is 112 cm³/mol. The number of nitrogens with one attached hydrogen (secondary N) is 2. The van der Waals surface area contributed by atoms with Gasteiger partial charge in [0.05, 0.1) is 0 Å². The number of carbonyl (C=O) groups excluding carboxylic acids is 3. The molecule has 0 aliphatic heterocycles. The van der Waals surface area contributed by atoms with Crippen LogP contribution in [-0.2, 0) is 16.1 Å². The molecule has 156 valence electrons. The van der Waals surface area contributed by atoms with E-state index in [0.717, 1.165) is 17.9 Å². The van der Waals surface area contributed by atoms with Crippen LogP contribution < -0.4 is 10.6 Å². The van der Waals surface area contributed by atoms with Crippen LogP contribution >= 0.6 is 0 Å². The van der Waals surface area contributed by atoms with Crippen molar-refractivity contribution in [2.24, 2.45) is 5.92 Å². The van der Waals surface area contributed by atoms with Crippen LogP contribution in [-0.4, -0.2) is 35.0 Å². The Balaban J connectivity index is 1.97. The molecule has 7 heteroatoms. The van der Waals surface area contributed by atoms with Crippen molar-refractivity contribution in [3.05, 3.63) is 53.3 Å². The van der Waals surface area contributed by atoms with Gasteiger partial charge >= 0.3 is 12.0 Å². The number of nitrogens with zero attached hydrogens (tertiary/aromatic N) is 1. The van der Waals surface area contributed by atoms with E-state index in [0.29, 0.717) is 11.3 Å². The number of para-hydroxylation sites is 1. The summed E-state index contributed by atoms with van der Waals surface area (Å²) < 4.78 is 7.26. The summed E-state index contributed by atoms with van der Waals surface area (Å²) in [6.45, 7) is 9.81. The molecule has 0 fully saturated rings. The number of aryl methyl sites for hydroxylation is 1. The number of carbonyl (C=O) groups is 3. The number of urea groups is 1. The number of ether oxygens (including phenoxy) is 1. The Morgan fingerprint density at radius 2 is 1.76 bits per heavy atom. The van der Waals surface area contributed by atoms with Gasteiger partial charge in [-0.2, -0.15) is 0 Å². The molecule has 0 bridgehead atoms. The van der Waals surface area contributed by atoms with Gasteiger partial charge in [-0.15, -0.1) is 0 Å². The van der Waals surface area contributed by atoms with Crippen molar-refractivity contribution in [3.63, 3.8) is 0 Å². The molecule has 0 spiro atoms. The van der Waals surface area contributed by atoms with Crippen LogP contribution in [0.25, 0.3) is 0 Å². The molecule has 29 heavy (non-hydrogen) atoms. The quantitative estimate of drug-likeness (QED) is 0.523. The Morgan fingerprint density at radius 1 is 1.10 bits per heavy atom. The smallest absolute Gasteiger partial charge is 0.329 e. The molecule has 2 amide bonds. The number of amides is 2. The molecule has 0 aliphatic rings. The number of anilines is 1. The van der Waals surface area contributed by atoms with Crippen molar-refractivity contribution in [2.45, 2.75) is 47.2 Å². The third-order valence-corrected chi connectivity index (χ3v) is 4.77. The van der Waals surface area contributed by atoms with Gasteiger partial charge in [-0.25, -0.2) is 9.59 Å². The average Bonchev–Trinajstić information content (AvgIpc) is 2.98. The number of Topliss-reactive ketones (excluding diaryl/α,β-unsaturated/α-hetero) is 1. The van der Waals surface area contributed by atoms with Crippen molar-refractivity contribution in [3.8, 4) is 0 Å². The molecule has 0 aliphatic carbocycles. The van der Waals surface area contributed by atoms with Crippen molar-refractivity contribution in [1.29, 1.82) is 0 Å². The molecule has 1 aromatic heterocycles. The molecule has 2 rings (SSSR count). The average molecular weight is 399 g/mol. The molecule has 2 N–H and O–H groups in total. The first kappa shape index (κ1) is 22.2. The fourth-order valence-corrected chi connectivity index (χ4v) is 3.20. The summed E-state index contributed by atoms with van der Waals surface area (Å²) in [6, 6.07) is 9.35. The molecule has 1 heterocycles. The summed E-state index contributed by atoms with van der Waals surface area (Å²) in [7, 11) is 0. The van der Waals surface area contributed by atoms with Gasteiger partial charge in [0.2, 0.25) is 5.78 Å². The van der Waals surface area contributed by atoms with Gasteiger partial charge in [0.25, 0.3) is 0 Å². The highest BCUT2D eigenvalue weighted by Gasteiger charge is 2.27. The number of aromatic nitrogens is 1. The summed E-state index contributed by atoms with van der Waals surface area (Å²) >= 11 is 0. The molecule has 2 aromatic rings. The molecule has 1 aromatic carbocycles. The van der Waals surface area contributed by atoms with Gasteiger partial charge in [0.1, 0.15) is 6.04 Å². The Bertz CT molecular complexity index is 872. The van der Waals surface area contributed by atoms with Gasteiger partial charge in [-0.05, 0) is 44.9 Å². The van der Waals surface area contributed by atoms with E-state index in [9.17, 15) is 14.4 Å². The van der Waals surface area contributed by atoms with Crippen molar-refractivity contribution >= 4 is 23.5 Å². The molecular formula is C22H29N3O4. The van der Waals surface area contributed by atoms with Gasteiger partial charge < -0.3 is 19.9 Å². The Hall–Kier alpha value is -3.09.